The summed E-state index contributed by atoms with van der Waals surface area (Å²) in [5, 5.41) is 9.36. The van der Waals surface area contributed by atoms with Crippen LogP contribution in [-0.2, 0) is 19.6 Å². The quantitative estimate of drug-likeness (QED) is 0.779. The van der Waals surface area contributed by atoms with E-state index in [2.05, 4.69) is 0 Å². The number of alkyl halides is 3. The molecule has 7 nitrogen and oxygen atoms in total. The fourth-order valence-corrected chi connectivity index (χ4v) is 4.21. The summed E-state index contributed by atoms with van der Waals surface area (Å²) < 4.78 is 62.9. The Morgan fingerprint density at radius 3 is 1.92 bits per heavy atom. The van der Waals surface area contributed by atoms with E-state index in [9.17, 15) is 36.3 Å². The Kier molecular flexibility index (Phi) is 3.93. The van der Waals surface area contributed by atoms with Crippen LogP contribution in [-0.4, -0.2) is 54.5 Å². The zero-order valence-corrected chi connectivity index (χ0v) is 13.5. The van der Waals surface area contributed by atoms with E-state index in [0.29, 0.717) is 4.31 Å². The number of imide groups is 1. The van der Waals surface area contributed by atoms with Crippen LogP contribution in [0.4, 0.5) is 18.9 Å². The molecule has 3 rings (SSSR count). The van der Waals surface area contributed by atoms with Gasteiger partial charge in [-0.1, -0.05) is 0 Å². The van der Waals surface area contributed by atoms with Gasteiger partial charge in [-0.15, -0.1) is 0 Å². The lowest BCUT2D eigenvalue weighted by molar-refractivity contribution is -0.290. The van der Waals surface area contributed by atoms with Gasteiger partial charge in [0.25, 0.3) is 0 Å². The Labute approximate surface area is 140 Å². The molecule has 2 saturated heterocycles. The fourth-order valence-electron chi connectivity index (χ4n) is 2.67. The molecule has 0 atom stereocenters. The number of hydrogen-bond donors (Lipinski definition) is 1. The molecule has 136 valence electrons. The number of amides is 2. The first-order valence-electron chi connectivity index (χ1n) is 7.21. The van der Waals surface area contributed by atoms with Crippen molar-refractivity contribution in [2.75, 3.05) is 18.0 Å². The predicted molar refractivity (Wildman–Crippen MR) is 77.9 cm³/mol. The van der Waals surface area contributed by atoms with E-state index >= 15 is 0 Å². The number of anilines is 1. The highest BCUT2D eigenvalue weighted by molar-refractivity contribution is 7.89. The maximum atomic E-state index is 12.6. The molecule has 1 aromatic rings. The van der Waals surface area contributed by atoms with E-state index in [1.807, 2.05) is 0 Å². The molecular weight excluding hydrogens is 365 g/mol. The lowest BCUT2D eigenvalue weighted by atomic mass is 9.97. The average molecular weight is 378 g/mol. The van der Waals surface area contributed by atoms with Crippen molar-refractivity contribution in [3.63, 3.8) is 0 Å². The van der Waals surface area contributed by atoms with Crippen LogP contribution < -0.4 is 4.90 Å². The van der Waals surface area contributed by atoms with Crippen molar-refractivity contribution in [1.29, 1.82) is 0 Å². The minimum atomic E-state index is -4.92. The molecule has 25 heavy (non-hydrogen) atoms. The van der Waals surface area contributed by atoms with Crippen molar-refractivity contribution < 1.29 is 36.3 Å². The summed E-state index contributed by atoms with van der Waals surface area (Å²) in [5.74, 6) is -0.808. The topological polar surface area (TPSA) is 95.0 Å². The van der Waals surface area contributed by atoms with Crippen molar-refractivity contribution in [3.05, 3.63) is 24.3 Å². The van der Waals surface area contributed by atoms with Crippen LogP contribution in [0, 0.1) is 0 Å². The van der Waals surface area contributed by atoms with Crippen LogP contribution in [0.1, 0.15) is 12.8 Å². The van der Waals surface area contributed by atoms with Crippen molar-refractivity contribution in [2.45, 2.75) is 29.5 Å². The number of nitrogens with zero attached hydrogens (tertiary/aromatic N) is 2. The predicted octanol–water partition coefficient (Wildman–Crippen LogP) is 0.638. The second kappa shape index (κ2) is 5.51. The zero-order chi connectivity index (χ0) is 18.6. The van der Waals surface area contributed by atoms with Crippen LogP contribution in [0.15, 0.2) is 29.2 Å². The Bertz CT molecular complexity index is 813. The Morgan fingerprint density at radius 2 is 1.48 bits per heavy atom. The first-order valence-corrected chi connectivity index (χ1v) is 8.65. The Balaban J connectivity index is 1.79. The van der Waals surface area contributed by atoms with E-state index in [0.717, 1.165) is 17.0 Å². The average Bonchev–Trinajstić information content (AvgIpc) is 2.82. The number of benzene rings is 1. The molecule has 1 aromatic carbocycles. The number of carbonyl (C=O) groups excluding carboxylic acids is 2. The highest BCUT2D eigenvalue weighted by Crippen LogP contribution is 2.40. The maximum absolute atomic E-state index is 12.6. The van der Waals surface area contributed by atoms with Gasteiger partial charge in [-0.2, -0.15) is 17.5 Å². The molecule has 2 aliphatic heterocycles. The van der Waals surface area contributed by atoms with Crippen LogP contribution in [0.25, 0.3) is 0 Å². The van der Waals surface area contributed by atoms with Gasteiger partial charge in [0, 0.05) is 12.8 Å². The maximum Gasteiger partial charge on any atom is 0.419 e. The number of aliphatic hydroxyl groups is 1. The molecule has 0 saturated carbocycles. The van der Waals surface area contributed by atoms with E-state index in [-0.39, 0.29) is 23.4 Å². The van der Waals surface area contributed by atoms with Crippen molar-refractivity contribution in [2.24, 2.45) is 0 Å². The number of carbonyl (C=O) groups is 2. The van der Waals surface area contributed by atoms with Gasteiger partial charge < -0.3 is 5.11 Å². The van der Waals surface area contributed by atoms with E-state index < -0.39 is 46.7 Å². The van der Waals surface area contributed by atoms with Crippen molar-refractivity contribution in [3.8, 4) is 0 Å². The molecule has 0 aliphatic carbocycles. The Hall–Kier alpha value is -1.98. The molecule has 2 heterocycles. The van der Waals surface area contributed by atoms with E-state index in [1.165, 1.54) is 12.1 Å². The van der Waals surface area contributed by atoms with Gasteiger partial charge in [-0.25, -0.2) is 8.42 Å². The summed E-state index contributed by atoms with van der Waals surface area (Å²) in [4.78, 5) is 23.9. The fraction of sp³-hybridized carbons (Fsp3) is 0.429. The van der Waals surface area contributed by atoms with Gasteiger partial charge in [0.1, 0.15) is 0 Å². The van der Waals surface area contributed by atoms with Crippen LogP contribution in [0.5, 0.6) is 0 Å². The van der Waals surface area contributed by atoms with Gasteiger partial charge in [0.2, 0.25) is 21.8 Å². The van der Waals surface area contributed by atoms with Gasteiger partial charge in [0.15, 0.2) is 5.60 Å². The molecule has 11 heteroatoms. The Morgan fingerprint density at radius 1 is 1.00 bits per heavy atom. The third-order valence-electron chi connectivity index (χ3n) is 4.19. The summed E-state index contributed by atoms with van der Waals surface area (Å²) in [5.41, 5.74) is -2.85. The molecular formula is C14H13F3N2O5S. The largest absolute Gasteiger partial charge is 0.419 e. The number of sulfonamides is 1. The third-order valence-corrected chi connectivity index (χ3v) is 5.99. The summed E-state index contributed by atoms with van der Waals surface area (Å²) in [6.07, 6.45) is -4.77. The van der Waals surface area contributed by atoms with Crippen molar-refractivity contribution in [1.82, 2.24) is 4.31 Å². The number of hydrogen-bond acceptors (Lipinski definition) is 5. The van der Waals surface area contributed by atoms with Gasteiger partial charge >= 0.3 is 6.18 Å². The lowest BCUT2D eigenvalue weighted by Gasteiger charge is -2.45. The minimum absolute atomic E-state index is 0.0721. The second-order valence-electron chi connectivity index (χ2n) is 5.92. The lowest BCUT2D eigenvalue weighted by Crippen LogP contribution is -2.70. The molecule has 2 aliphatic rings. The summed E-state index contributed by atoms with van der Waals surface area (Å²) in [6, 6.07) is 4.69. The van der Waals surface area contributed by atoms with Crippen molar-refractivity contribution >= 4 is 27.5 Å². The van der Waals surface area contributed by atoms with Crippen LogP contribution >= 0.6 is 0 Å². The first-order chi connectivity index (χ1) is 11.5. The van der Waals surface area contributed by atoms with E-state index in [1.54, 1.807) is 0 Å². The standard InChI is InChI=1S/C14H13F3N2O5S/c15-14(16,17)13(22)7-18(8-13)25(23,24)10-3-1-9(2-4-10)19-11(20)5-6-12(19)21/h1-4,22H,5-8H2. The second-order valence-corrected chi connectivity index (χ2v) is 7.86. The molecule has 0 radical (unpaired) electrons. The molecule has 0 bridgehead atoms. The smallest absolute Gasteiger partial charge is 0.378 e. The first kappa shape index (κ1) is 17.8. The molecule has 1 N–H and O–H groups in total. The summed E-state index contributed by atoms with van der Waals surface area (Å²) >= 11 is 0. The molecule has 2 amide bonds. The van der Waals surface area contributed by atoms with Crippen LogP contribution in [0.3, 0.4) is 0 Å². The van der Waals surface area contributed by atoms with Crippen LogP contribution in [0.2, 0.25) is 0 Å². The number of β-amino-alcohol motifs (C(OH)–C–C–N with tert-alkyl or cyclic N) is 1. The number of rotatable bonds is 3. The normalized spacial score (nSPS) is 21.5. The summed E-state index contributed by atoms with van der Waals surface area (Å²) in [6.45, 7) is -2.16. The molecule has 0 unspecified atom stereocenters. The number of halogens is 3. The summed E-state index contributed by atoms with van der Waals surface area (Å²) in [7, 11) is -4.22. The molecule has 0 aromatic heterocycles. The molecule has 0 spiro atoms. The monoisotopic (exact) mass is 378 g/mol. The van der Waals surface area contributed by atoms with Gasteiger partial charge in [0.05, 0.1) is 23.7 Å². The third kappa shape index (κ3) is 2.81. The van der Waals surface area contributed by atoms with Gasteiger partial charge in [-0.05, 0) is 24.3 Å². The van der Waals surface area contributed by atoms with E-state index in [4.69, 9.17) is 0 Å². The minimum Gasteiger partial charge on any atom is -0.378 e. The van der Waals surface area contributed by atoms with Gasteiger partial charge in [-0.3, -0.25) is 14.5 Å². The highest BCUT2D eigenvalue weighted by atomic mass is 32.2. The SMILES string of the molecule is O=C1CCC(=O)N1c1ccc(S(=O)(=O)N2CC(O)(C(F)(F)F)C2)cc1. The highest BCUT2D eigenvalue weighted by Gasteiger charge is 2.63. The zero-order valence-electron chi connectivity index (χ0n) is 12.7. The molecule has 2 fully saturated rings.